The zero-order valence-corrected chi connectivity index (χ0v) is 19.8. The number of aromatic nitrogens is 1. The van der Waals surface area contributed by atoms with E-state index in [9.17, 15) is 13.0 Å². The summed E-state index contributed by atoms with van der Waals surface area (Å²) >= 11 is 0. The Morgan fingerprint density at radius 3 is 2.23 bits per heavy atom. The largest absolute Gasteiger partial charge is 1.00 e. The summed E-state index contributed by atoms with van der Waals surface area (Å²) in [7, 11) is -4.71. The van der Waals surface area contributed by atoms with Gasteiger partial charge in [0.1, 0.15) is 21.5 Å². The van der Waals surface area contributed by atoms with Crippen molar-refractivity contribution in [2.24, 2.45) is 10.2 Å². The van der Waals surface area contributed by atoms with E-state index in [0.29, 0.717) is 11.1 Å². The molecule has 0 aliphatic rings. The van der Waals surface area contributed by atoms with E-state index < -0.39 is 10.1 Å². The second kappa shape index (κ2) is 9.25. The third-order valence-corrected chi connectivity index (χ3v) is 5.54. The smallest absolute Gasteiger partial charge is 0.744 e. The van der Waals surface area contributed by atoms with E-state index in [4.69, 9.17) is 5.73 Å². The van der Waals surface area contributed by atoms with Crippen LogP contribution in [-0.4, -0.2) is 18.0 Å². The molecule has 0 spiro atoms. The molecule has 0 amide bonds. The normalized spacial score (nSPS) is 11.5. The fourth-order valence-electron chi connectivity index (χ4n) is 3.09. The van der Waals surface area contributed by atoms with Gasteiger partial charge in [0, 0.05) is 16.3 Å². The van der Waals surface area contributed by atoms with Crippen LogP contribution in [0.3, 0.4) is 0 Å². The van der Waals surface area contributed by atoms with Crippen molar-refractivity contribution in [1.82, 2.24) is 4.98 Å². The van der Waals surface area contributed by atoms with Gasteiger partial charge in [0.2, 0.25) is 0 Å². The Labute approximate surface area is 202 Å². The number of pyridine rings is 1. The Balaban J connectivity index is 0.00000272. The molecule has 0 unspecified atom stereocenters. The number of fused-ring (bicyclic) bond motifs is 1. The van der Waals surface area contributed by atoms with Crippen molar-refractivity contribution in [3.8, 4) is 11.3 Å². The zero-order valence-electron chi connectivity index (χ0n) is 17.0. The van der Waals surface area contributed by atoms with Gasteiger partial charge in [0.05, 0.1) is 22.5 Å². The van der Waals surface area contributed by atoms with E-state index in [1.54, 1.807) is 30.5 Å². The molecule has 0 radical (unpaired) electrons. The number of rotatable bonds is 4. The molecular formula is C22H17N4NaO3S. The van der Waals surface area contributed by atoms with Gasteiger partial charge in [-0.2, -0.15) is 0 Å². The number of nitrogen functional groups attached to an aromatic ring is 1. The Morgan fingerprint density at radius 1 is 0.935 bits per heavy atom. The first-order chi connectivity index (χ1) is 14.3. The number of nitrogens with zero attached hydrogens (tertiary/aromatic N) is 3. The van der Waals surface area contributed by atoms with E-state index in [1.165, 1.54) is 6.07 Å². The van der Waals surface area contributed by atoms with Crippen LogP contribution in [-0.2, 0) is 10.1 Å². The first-order valence-electron chi connectivity index (χ1n) is 9.05. The van der Waals surface area contributed by atoms with Gasteiger partial charge in [0.25, 0.3) is 0 Å². The summed E-state index contributed by atoms with van der Waals surface area (Å²) in [6.07, 6.45) is 1.56. The monoisotopic (exact) mass is 440 g/mol. The maximum atomic E-state index is 11.7. The number of hydrogen-bond donors (Lipinski definition) is 1. The number of benzene rings is 3. The van der Waals surface area contributed by atoms with Gasteiger partial charge in [-0.15, -0.1) is 10.2 Å². The molecule has 0 saturated heterocycles. The van der Waals surface area contributed by atoms with Crippen LogP contribution in [0.4, 0.5) is 17.1 Å². The van der Waals surface area contributed by atoms with Gasteiger partial charge in [-0.25, -0.2) is 8.42 Å². The first kappa shape index (κ1) is 23.1. The fraction of sp³-hybridized carbons (Fsp3) is 0.0455. The molecule has 1 aromatic heterocycles. The number of anilines is 1. The molecule has 4 aromatic rings. The molecular weight excluding hydrogens is 423 g/mol. The molecule has 4 rings (SSSR count). The molecule has 1 heterocycles. The molecule has 0 bridgehead atoms. The van der Waals surface area contributed by atoms with E-state index in [-0.39, 0.29) is 51.2 Å². The van der Waals surface area contributed by atoms with Crippen LogP contribution in [0.5, 0.6) is 0 Å². The molecule has 0 aliphatic carbocycles. The minimum absolute atomic E-state index is 0. The van der Waals surface area contributed by atoms with E-state index in [2.05, 4.69) is 15.2 Å². The van der Waals surface area contributed by atoms with Crippen molar-refractivity contribution in [1.29, 1.82) is 0 Å². The molecule has 0 saturated carbocycles. The zero-order chi connectivity index (χ0) is 21.3. The molecule has 0 aliphatic heterocycles. The van der Waals surface area contributed by atoms with Crippen LogP contribution in [0.15, 0.2) is 88.1 Å². The predicted molar refractivity (Wildman–Crippen MR) is 115 cm³/mol. The summed E-state index contributed by atoms with van der Waals surface area (Å²) in [6, 6.07) is 19.2. The molecule has 0 fully saturated rings. The molecule has 0 atom stereocenters. The quantitative estimate of drug-likeness (QED) is 0.226. The van der Waals surface area contributed by atoms with Crippen molar-refractivity contribution in [2.45, 2.75) is 11.8 Å². The average Bonchev–Trinajstić information content (AvgIpc) is 2.73. The maximum absolute atomic E-state index is 11.7. The standard InChI is InChI=1S/C22H18N4O3S.Na/c1-14-6-8-15(9-7-14)19-11-10-16(13-24-19)25-26-20-12-21(30(27,28)29)17-4-2-3-5-18(17)22(20)23;/h2-13H,23H2,1H3,(H,27,28,29);/q;+1/p-1. The van der Waals surface area contributed by atoms with Gasteiger partial charge < -0.3 is 10.3 Å². The third-order valence-electron chi connectivity index (χ3n) is 4.66. The minimum atomic E-state index is -4.71. The van der Waals surface area contributed by atoms with Gasteiger partial charge >= 0.3 is 29.6 Å². The Morgan fingerprint density at radius 2 is 1.61 bits per heavy atom. The molecule has 9 heteroatoms. The summed E-state index contributed by atoms with van der Waals surface area (Å²) in [4.78, 5) is 4.01. The summed E-state index contributed by atoms with van der Waals surface area (Å²) in [6.45, 7) is 2.02. The van der Waals surface area contributed by atoms with E-state index in [1.807, 2.05) is 37.3 Å². The van der Waals surface area contributed by atoms with Crippen LogP contribution in [0.2, 0.25) is 0 Å². The van der Waals surface area contributed by atoms with E-state index >= 15 is 0 Å². The summed E-state index contributed by atoms with van der Waals surface area (Å²) in [5.74, 6) is 0. The van der Waals surface area contributed by atoms with Crippen LogP contribution in [0.25, 0.3) is 22.0 Å². The number of azo groups is 1. The molecule has 2 N–H and O–H groups in total. The topological polar surface area (TPSA) is 121 Å². The van der Waals surface area contributed by atoms with Crippen LogP contribution < -0.4 is 35.3 Å². The molecule has 7 nitrogen and oxygen atoms in total. The van der Waals surface area contributed by atoms with Crippen molar-refractivity contribution < 1.29 is 42.5 Å². The second-order valence-electron chi connectivity index (χ2n) is 6.77. The SMILES string of the molecule is Cc1ccc(-c2ccc(N=Nc3cc(S(=O)(=O)[O-])c4ccccc4c3N)cn2)cc1.[Na+]. The number of aryl methyl sites for hydroxylation is 1. The number of hydrogen-bond acceptors (Lipinski definition) is 7. The van der Waals surface area contributed by atoms with Crippen molar-refractivity contribution >= 4 is 38.0 Å². The van der Waals surface area contributed by atoms with Crippen LogP contribution in [0, 0.1) is 6.92 Å². The average molecular weight is 440 g/mol. The van der Waals surface area contributed by atoms with Gasteiger partial charge in [-0.3, -0.25) is 4.98 Å². The Bertz CT molecular complexity index is 1370. The minimum Gasteiger partial charge on any atom is -0.744 e. The Hall–Kier alpha value is -2.62. The molecule has 150 valence electrons. The van der Waals surface area contributed by atoms with Gasteiger partial charge in [-0.05, 0) is 25.1 Å². The molecule has 31 heavy (non-hydrogen) atoms. The van der Waals surface area contributed by atoms with Crippen LogP contribution >= 0.6 is 0 Å². The second-order valence-corrected chi connectivity index (χ2v) is 8.12. The molecule has 3 aromatic carbocycles. The predicted octanol–water partition coefficient (Wildman–Crippen LogP) is 2.12. The fourth-order valence-corrected chi connectivity index (χ4v) is 3.80. The van der Waals surface area contributed by atoms with Crippen LogP contribution in [0.1, 0.15) is 5.56 Å². The summed E-state index contributed by atoms with van der Waals surface area (Å²) < 4.78 is 35.1. The van der Waals surface area contributed by atoms with Crippen molar-refractivity contribution in [2.75, 3.05) is 5.73 Å². The maximum Gasteiger partial charge on any atom is 1.00 e. The Kier molecular flexibility index (Phi) is 6.88. The van der Waals surface area contributed by atoms with Crippen molar-refractivity contribution in [3.05, 3.63) is 78.5 Å². The van der Waals surface area contributed by atoms with Crippen molar-refractivity contribution in [3.63, 3.8) is 0 Å². The summed E-state index contributed by atoms with van der Waals surface area (Å²) in [5.41, 5.74) is 9.88. The summed E-state index contributed by atoms with van der Waals surface area (Å²) in [5, 5.41) is 8.86. The number of nitrogens with two attached hydrogens (primary N) is 1. The van der Waals surface area contributed by atoms with E-state index in [0.717, 1.165) is 22.9 Å². The van der Waals surface area contributed by atoms with Gasteiger partial charge in [-0.1, -0.05) is 54.1 Å². The first-order valence-corrected chi connectivity index (χ1v) is 10.5. The van der Waals surface area contributed by atoms with Gasteiger partial charge in [0.15, 0.2) is 0 Å². The third kappa shape index (κ3) is 5.00.